The Morgan fingerprint density at radius 2 is 2.11 bits per heavy atom. The van der Waals surface area contributed by atoms with E-state index in [-0.39, 0.29) is 11.4 Å². The fourth-order valence-electron chi connectivity index (χ4n) is 1.47. The highest BCUT2D eigenvalue weighted by Gasteiger charge is 2.16. The molecule has 0 bridgehead atoms. The molecule has 0 aliphatic rings. The summed E-state index contributed by atoms with van der Waals surface area (Å²) < 4.78 is 39.2. The van der Waals surface area contributed by atoms with Gasteiger partial charge in [0.1, 0.15) is 5.82 Å². The van der Waals surface area contributed by atoms with Crippen LogP contribution in [0.15, 0.2) is 23.1 Å². The van der Waals surface area contributed by atoms with Crippen molar-refractivity contribution in [2.75, 3.05) is 6.54 Å². The summed E-state index contributed by atoms with van der Waals surface area (Å²) in [6, 6.07) is 3.73. The number of nitrogens with one attached hydrogen (secondary N) is 1. The maximum atomic E-state index is 13.3. The number of aliphatic hydroxyl groups is 1. The molecule has 1 rings (SSSR count). The van der Waals surface area contributed by atoms with Crippen LogP contribution in [0, 0.1) is 12.7 Å². The summed E-state index contributed by atoms with van der Waals surface area (Å²) in [5.41, 5.74) is 0.389. The van der Waals surface area contributed by atoms with E-state index in [0.29, 0.717) is 12.0 Å². The van der Waals surface area contributed by atoms with E-state index in [4.69, 9.17) is 0 Å². The molecule has 0 saturated carbocycles. The van der Waals surface area contributed by atoms with Crippen molar-refractivity contribution in [1.82, 2.24) is 4.72 Å². The molecule has 0 spiro atoms. The van der Waals surface area contributed by atoms with Crippen molar-refractivity contribution in [3.63, 3.8) is 0 Å². The van der Waals surface area contributed by atoms with Gasteiger partial charge in [-0.2, -0.15) is 0 Å². The summed E-state index contributed by atoms with van der Waals surface area (Å²) in [6.45, 7) is 3.39. The van der Waals surface area contributed by atoms with E-state index < -0.39 is 21.9 Å². The number of hydrogen-bond acceptors (Lipinski definition) is 3. The third kappa shape index (κ3) is 4.04. The number of sulfonamides is 1. The fourth-order valence-corrected chi connectivity index (χ4v) is 2.55. The van der Waals surface area contributed by atoms with Crippen LogP contribution in [-0.4, -0.2) is 26.2 Å². The summed E-state index contributed by atoms with van der Waals surface area (Å²) in [7, 11) is -3.76. The van der Waals surface area contributed by atoms with Crippen molar-refractivity contribution in [2.24, 2.45) is 0 Å². The zero-order chi connectivity index (χ0) is 13.8. The van der Waals surface area contributed by atoms with Gasteiger partial charge in [0.2, 0.25) is 10.0 Å². The van der Waals surface area contributed by atoms with Gasteiger partial charge in [-0.25, -0.2) is 17.5 Å². The Morgan fingerprint density at radius 1 is 1.44 bits per heavy atom. The standard InChI is InChI=1S/C12H18FNO3S/c1-3-4-10(15)8-14-18(16,17)11-6-5-9(2)12(13)7-11/h5-7,10,14-15H,3-4,8H2,1-2H3. The molecule has 1 aromatic carbocycles. The first kappa shape index (κ1) is 15.1. The monoisotopic (exact) mass is 275 g/mol. The average molecular weight is 275 g/mol. The number of halogens is 1. The van der Waals surface area contributed by atoms with Gasteiger partial charge in [0.25, 0.3) is 0 Å². The SMILES string of the molecule is CCCC(O)CNS(=O)(=O)c1ccc(C)c(F)c1. The second-order valence-electron chi connectivity index (χ2n) is 4.21. The van der Waals surface area contributed by atoms with E-state index in [0.717, 1.165) is 12.5 Å². The van der Waals surface area contributed by atoms with Crippen LogP contribution in [0.5, 0.6) is 0 Å². The lowest BCUT2D eigenvalue weighted by molar-refractivity contribution is 0.167. The van der Waals surface area contributed by atoms with Crippen LogP contribution in [-0.2, 0) is 10.0 Å². The molecular formula is C12H18FNO3S. The molecule has 0 fully saturated rings. The molecule has 6 heteroatoms. The molecule has 0 amide bonds. The molecule has 0 saturated heterocycles. The third-order valence-electron chi connectivity index (χ3n) is 2.58. The Morgan fingerprint density at radius 3 is 2.67 bits per heavy atom. The molecule has 0 heterocycles. The van der Waals surface area contributed by atoms with Crippen molar-refractivity contribution < 1.29 is 17.9 Å². The van der Waals surface area contributed by atoms with Crippen LogP contribution >= 0.6 is 0 Å². The number of rotatable bonds is 6. The maximum absolute atomic E-state index is 13.3. The molecule has 2 N–H and O–H groups in total. The minimum Gasteiger partial charge on any atom is -0.392 e. The topological polar surface area (TPSA) is 66.4 Å². The summed E-state index contributed by atoms with van der Waals surface area (Å²) in [6.07, 6.45) is 0.562. The first-order valence-corrected chi connectivity index (χ1v) is 7.29. The van der Waals surface area contributed by atoms with E-state index in [1.165, 1.54) is 12.1 Å². The molecule has 0 aliphatic heterocycles. The van der Waals surface area contributed by atoms with Gasteiger partial charge in [0.05, 0.1) is 11.0 Å². The molecule has 1 aromatic rings. The Hall–Kier alpha value is -0.980. The predicted octanol–water partition coefficient (Wildman–Crippen LogP) is 1.57. The van der Waals surface area contributed by atoms with Crippen LogP contribution < -0.4 is 4.72 Å². The average Bonchev–Trinajstić information content (AvgIpc) is 2.30. The highest BCUT2D eigenvalue weighted by molar-refractivity contribution is 7.89. The molecule has 1 atom stereocenters. The molecule has 0 aliphatic carbocycles. The molecule has 4 nitrogen and oxygen atoms in total. The molecule has 0 aromatic heterocycles. The minimum atomic E-state index is -3.76. The van der Waals surface area contributed by atoms with Gasteiger partial charge < -0.3 is 5.11 Å². The Balaban J connectivity index is 2.77. The lowest BCUT2D eigenvalue weighted by Gasteiger charge is -2.11. The minimum absolute atomic E-state index is 0.0638. The van der Waals surface area contributed by atoms with Crippen LogP contribution in [0.2, 0.25) is 0 Å². The Bertz CT molecular complexity index is 502. The van der Waals surface area contributed by atoms with Crippen molar-refractivity contribution in [3.05, 3.63) is 29.6 Å². The van der Waals surface area contributed by atoms with Crippen LogP contribution in [0.1, 0.15) is 25.3 Å². The second-order valence-corrected chi connectivity index (χ2v) is 5.97. The van der Waals surface area contributed by atoms with E-state index in [9.17, 15) is 17.9 Å². The lowest BCUT2D eigenvalue weighted by atomic mass is 10.2. The van der Waals surface area contributed by atoms with Crippen LogP contribution in [0.4, 0.5) is 4.39 Å². The number of aryl methyl sites for hydroxylation is 1. The third-order valence-corrected chi connectivity index (χ3v) is 4.01. The molecular weight excluding hydrogens is 257 g/mol. The molecule has 18 heavy (non-hydrogen) atoms. The number of benzene rings is 1. The van der Waals surface area contributed by atoms with Gasteiger partial charge >= 0.3 is 0 Å². The van der Waals surface area contributed by atoms with E-state index >= 15 is 0 Å². The lowest BCUT2D eigenvalue weighted by Crippen LogP contribution is -2.32. The largest absolute Gasteiger partial charge is 0.392 e. The molecule has 102 valence electrons. The van der Waals surface area contributed by atoms with Crippen LogP contribution in [0.3, 0.4) is 0 Å². The summed E-state index contributed by atoms with van der Waals surface area (Å²) in [4.78, 5) is -0.130. The van der Waals surface area contributed by atoms with Gasteiger partial charge in [-0.1, -0.05) is 19.4 Å². The van der Waals surface area contributed by atoms with E-state index in [2.05, 4.69) is 4.72 Å². The van der Waals surface area contributed by atoms with Gasteiger partial charge in [0, 0.05) is 6.54 Å². The summed E-state index contributed by atoms with van der Waals surface area (Å²) in [5.74, 6) is -0.563. The zero-order valence-electron chi connectivity index (χ0n) is 10.5. The number of hydrogen-bond donors (Lipinski definition) is 2. The molecule has 1 unspecified atom stereocenters. The Kier molecular flexibility index (Phi) is 5.25. The van der Waals surface area contributed by atoms with Crippen molar-refractivity contribution in [2.45, 2.75) is 37.7 Å². The highest BCUT2D eigenvalue weighted by atomic mass is 32.2. The summed E-state index contributed by atoms with van der Waals surface area (Å²) in [5, 5.41) is 9.46. The normalized spacial score (nSPS) is 13.6. The number of aliphatic hydroxyl groups excluding tert-OH is 1. The van der Waals surface area contributed by atoms with E-state index in [1.54, 1.807) is 6.92 Å². The van der Waals surface area contributed by atoms with Gasteiger partial charge in [-0.05, 0) is 31.0 Å². The van der Waals surface area contributed by atoms with Crippen molar-refractivity contribution in [3.8, 4) is 0 Å². The first-order chi connectivity index (χ1) is 8.36. The highest BCUT2D eigenvalue weighted by Crippen LogP contribution is 2.14. The maximum Gasteiger partial charge on any atom is 0.240 e. The van der Waals surface area contributed by atoms with Gasteiger partial charge in [0.15, 0.2) is 0 Å². The van der Waals surface area contributed by atoms with Gasteiger partial charge in [-0.15, -0.1) is 0 Å². The Labute approximate surface area is 107 Å². The van der Waals surface area contributed by atoms with Gasteiger partial charge in [-0.3, -0.25) is 0 Å². The van der Waals surface area contributed by atoms with Crippen LogP contribution in [0.25, 0.3) is 0 Å². The summed E-state index contributed by atoms with van der Waals surface area (Å²) >= 11 is 0. The first-order valence-electron chi connectivity index (χ1n) is 5.80. The van der Waals surface area contributed by atoms with E-state index in [1.807, 2.05) is 6.92 Å². The fraction of sp³-hybridized carbons (Fsp3) is 0.500. The smallest absolute Gasteiger partial charge is 0.240 e. The molecule has 0 radical (unpaired) electrons. The zero-order valence-corrected chi connectivity index (χ0v) is 11.3. The second kappa shape index (κ2) is 6.26. The predicted molar refractivity (Wildman–Crippen MR) is 67.2 cm³/mol. The van der Waals surface area contributed by atoms with Crippen molar-refractivity contribution in [1.29, 1.82) is 0 Å². The quantitative estimate of drug-likeness (QED) is 0.828. The van der Waals surface area contributed by atoms with Crippen molar-refractivity contribution >= 4 is 10.0 Å².